The van der Waals surface area contributed by atoms with Crippen LogP contribution in [0.1, 0.15) is 16.7 Å². The zero-order chi connectivity index (χ0) is 21.0. The van der Waals surface area contributed by atoms with Crippen LogP contribution in [0.2, 0.25) is 0 Å². The molecule has 29 heavy (non-hydrogen) atoms. The Morgan fingerprint density at radius 1 is 1.00 bits per heavy atom. The van der Waals surface area contributed by atoms with Crippen LogP contribution in [0, 0.1) is 20.8 Å². The van der Waals surface area contributed by atoms with Gasteiger partial charge in [0.25, 0.3) is 0 Å². The van der Waals surface area contributed by atoms with E-state index in [1.165, 1.54) is 0 Å². The summed E-state index contributed by atoms with van der Waals surface area (Å²) < 4.78 is 33.8. The molecule has 2 aromatic rings. The van der Waals surface area contributed by atoms with Crippen LogP contribution in [0.25, 0.3) is 0 Å². The summed E-state index contributed by atoms with van der Waals surface area (Å²) in [6.07, 6.45) is 0. The first kappa shape index (κ1) is 21.6. The summed E-state index contributed by atoms with van der Waals surface area (Å²) in [5.74, 6) is 0.887. The molecule has 0 aliphatic carbocycles. The van der Waals surface area contributed by atoms with E-state index in [1.807, 2.05) is 51.1 Å². The summed E-state index contributed by atoms with van der Waals surface area (Å²) in [5, 5.41) is 0. The molecular formula is C22H31N3O3S. The number of nitrogens with zero attached hydrogens (tertiary/aromatic N) is 2. The average Bonchev–Trinajstić information content (AvgIpc) is 2.67. The van der Waals surface area contributed by atoms with Crippen molar-refractivity contribution in [3.8, 4) is 5.75 Å². The van der Waals surface area contributed by atoms with E-state index in [9.17, 15) is 8.42 Å². The molecule has 1 heterocycles. The molecule has 1 N–H and O–H groups in total. The van der Waals surface area contributed by atoms with Crippen molar-refractivity contribution in [1.29, 1.82) is 0 Å². The minimum atomic E-state index is -3.51. The molecule has 0 aromatic heterocycles. The topological polar surface area (TPSA) is 61.9 Å². The molecule has 158 valence electrons. The number of anilines is 1. The van der Waals surface area contributed by atoms with Crippen molar-refractivity contribution < 1.29 is 13.2 Å². The van der Waals surface area contributed by atoms with E-state index >= 15 is 0 Å². The lowest BCUT2D eigenvalue weighted by Crippen LogP contribution is -2.48. The number of aryl methyl sites for hydroxylation is 3. The first-order valence-electron chi connectivity index (χ1n) is 9.99. The van der Waals surface area contributed by atoms with Crippen LogP contribution in [-0.4, -0.2) is 59.7 Å². The second kappa shape index (κ2) is 9.15. The van der Waals surface area contributed by atoms with Gasteiger partial charge in [0.05, 0.1) is 17.7 Å². The fourth-order valence-electron chi connectivity index (χ4n) is 4.10. The fraction of sp³-hybridized carbons (Fsp3) is 0.455. The normalized spacial score (nSPS) is 15.5. The smallest absolute Gasteiger partial charge is 0.241 e. The van der Waals surface area contributed by atoms with Gasteiger partial charge in [-0.15, -0.1) is 0 Å². The van der Waals surface area contributed by atoms with Crippen LogP contribution in [0.5, 0.6) is 5.75 Å². The summed E-state index contributed by atoms with van der Waals surface area (Å²) in [6, 6.07) is 11.9. The first-order valence-corrected chi connectivity index (χ1v) is 11.5. The standard InChI is InChI=1S/C22H31N3O3S/c1-17-15-18(2)22(19(3)16-17)29(26,27)23-9-10-24-11-13-25(14-12-24)20-7-5-6-8-21(20)28-4/h5-8,15-16,23H,9-14H2,1-4H3. The van der Waals surface area contributed by atoms with E-state index in [2.05, 4.69) is 20.6 Å². The second-order valence-electron chi connectivity index (χ2n) is 7.63. The molecule has 1 aliphatic rings. The van der Waals surface area contributed by atoms with Gasteiger partial charge in [0.15, 0.2) is 0 Å². The third-order valence-corrected chi connectivity index (χ3v) is 7.16. The lowest BCUT2D eigenvalue weighted by Gasteiger charge is -2.36. The number of piperazine rings is 1. The molecule has 0 bridgehead atoms. The average molecular weight is 418 g/mol. The molecule has 0 unspecified atom stereocenters. The Morgan fingerprint density at radius 2 is 1.62 bits per heavy atom. The minimum absolute atomic E-state index is 0.406. The predicted octanol–water partition coefficient (Wildman–Crippen LogP) is 2.72. The van der Waals surface area contributed by atoms with Crippen molar-refractivity contribution in [2.24, 2.45) is 0 Å². The molecule has 1 fully saturated rings. The predicted molar refractivity (Wildman–Crippen MR) is 117 cm³/mol. The lowest BCUT2D eigenvalue weighted by atomic mass is 10.1. The Hall–Kier alpha value is -2.09. The molecule has 0 saturated carbocycles. The van der Waals surface area contributed by atoms with Gasteiger partial charge in [0.2, 0.25) is 10.0 Å². The molecule has 0 atom stereocenters. The highest BCUT2D eigenvalue weighted by molar-refractivity contribution is 7.89. The molecule has 2 aromatic carbocycles. The highest BCUT2D eigenvalue weighted by Gasteiger charge is 2.22. The Morgan fingerprint density at radius 3 is 2.24 bits per heavy atom. The van der Waals surface area contributed by atoms with Crippen LogP contribution >= 0.6 is 0 Å². The number of para-hydroxylation sites is 2. The third-order valence-electron chi connectivity index (χ3n) is 5.39. The van der Waals surface area contributed by atoms with E-state index in [4.69, 9.17) is 4.74 Å². The van der Waals surface area contributed by atoms with Gasteiger partial charge in [-0.3, -0.25) is 4.90 Å². The minimum Gasteiger partial charge on any atom is -0.495 e. The maximum absolute atomic E-state index is 12.8. The van der Waals surface area contributed by atoms with E-state index in [0.29, 0.717) is 18.0 Å². The quantitative estimate of drug-likeness (QED) is 0.751. The number of hydrogen-bond donors (Lipinski definition) is 1. The van der Waals surface area contributed by atoms with Crippen molar-refractivity contribution >= 4 is 15.7 Å². The van der Waals surface area contributed by atoms with E-state index in [0.717, 1.165) is 54.3 Å². The highest BCUT2D eigenvalue weighted by atomic mass is 32.2. The Labute approximate surface area is 174 Å². The Balaban J connectivity index is 1.53. The van der Waals surface area contributed by atoms with E-state index < -0.39 is 10.0 Å². The van der Waals surface area contributed by atoms with Crippen molar-refractivity contribution in [2.45, 2.75) is 25.7 Å². The monoisotopic (exact) mass is 417 g/mol. The zero-order valence-electron chi connectivity index (χ0n) is 17.7. The number of ether oxygens (including phenoxy) is 1. The molecular weight excluding hydrogens is 386 g/mol. The molecule has 0 amide bonds. The van der Waals surface area contributed by atoms with Gasteiger partial charge >= 0.3 is 0 Å². The van der Waals surface area contributed by atoms with Gasteiger partial charge in [0, 0.05) is 39.3 Å². The van der Waals surface area contributed by atoms with E-state index in [1.54, 1.807) is 7.11 Å². The summed E-state index contributed by atoms with van der Waals surface area (Å²) in [5.41, 5.74) is 3.77. The molecule has 7 heteroatoms. The van der Waals surface area contributed by atoms with Gasteiger partial charge in [-0.1, -0.05) is 29.8 Å². The number of hydrogen-bond acceptors (Lipinski definition) is 5. The van der Waals surface area contributed by atoms with Crippen LogP contribution in [-0.2, 0) is 10.0 Å². The molecule has 1 saturated heterocycles. The third kappa shape index (κ3) is 5.10. The second-order valence-corrected chi connectivity index (χ2v) is 9.33. The molecule has 0 radical (unpaired) electrons. The molecule has 0 spiro atoms. The van der Waals surface area contributed by atoms with Crippen LogP contribution in [0.4, 0.5) is 5.69 Å². The highest BCUT2D eigenvalue weighted by Crippen LogP contribution is 2.28. The van der Waals surface area contributed by atoms with Crippen molar-refractivity contribution in [2.75, 3.05) is 51.3 Å². The Bertz CT molecular complexity index is 929. The maximum Gasteiger partial charge on any atom is 0.241 e. The van der Waals surface area contributed by atoms with Crippen molar-refractivity contribution in [3.05, 3.63) is 53.1 Å². The van der Waals surface area contributed by atoms with Crippen LogP contribution in [0.3, 0.4) is 0 Å². The van der Waals surface area contributed by atoms with Crippen molar-refractivity contribution in [1.82, 2.24) is 9.62 Å². The van der Waals surface area contributed by atoms with Gasteiger partial charge in [-0.2, -0.15) is 0 Å². The van der Waals surface area contributed by atoms with Gasteiger partial charge < -0.3 is 9.64 Å². The number of methoxy groups -OCH3 is 1. The van der Waals surface area contributed by atoms with Gasteiger partial charge in [-0.25, -0.2) is 13.1 Å². The largest absolute Gasteiger partial charge is 0.495 e. The number of rotatable bonds is 7. The maximum atomic E-state index is 12.8. The zero-order valence-corrected chi connectivity index (χ0v) is 18.6. The lowest BCUT2D eigenvalue weighted by molar-refractivity contribution is 0.261. The fourth-order valence-corrected chi connectivity index (χ4v) is 5.57. The van der Waals surface area contributed by atoms with Gasteiger partial charge in [0.1, 0.15) is 5.75 Å². The summed E-state index contributed by atoms with van der Waals surface area (Å²) in [7, 11) is -1.81. The summed E-state index contributed by atoms with van der Waals surface area (Å²) >= 11 is 0. The number of benzene rings is 2. The first-order chi connectivity index (χ1) is 13.8. The van der Waals surface area contributed by atoms with Crippen molar-refractivity contribution in [3.63, 3.8) is 0 Å². The molecule has 6 nitrogen and oxygen atoms in total. The van der Waals surface area contributed by atoms with Crippen LogP contribution in [0.15, 0.2) is 41.3 Å². The van der Waals surface area contributed by atoms with Crippen LogP contribution < -0.4 is 14.4 Å². The number of nitrogens with one attached hydrogen (secondary N) is 1. The summed E-state index contributed by atoms with van der Waals surface area (Å²) in [6.45, 7) is 10.4. The molecule has 3 rings (SSSR count). The van der Waals surface area contributed by atoms with Gasteiger partial charge in [-0.05, 0) is 44.0 Å². The summed E-state index contributed by atoms with van der Waals surface area (Å²) in [4.78, 5) is 5.02. The Kier molecular flexibility index (Phi) is 6.82. The SMILES string of the molecule is COc1ccccc1N1CCN(CCNS(=O)(=O)c2c(C)cc(C)cc2C)CC1. The molecule has 1 aliphatic heterocycles. The van der Waals surface area contributed by atoms with E-state index in [-0.39, 0.29) is 0 Å². The number of sulfonamides is 1.